The first-order valence-electron chi connectivity index (χ1n) is 8.35. The number of carbonyl (C=O) groups excluding carboxylic acids is 1. The molecule has 6 nitrogen and oxygen atoms in total. The van der Waals surface area contributed by atoms with Crippen LogP contribution < -0.4 is 5.73 Å². The molecule has 7 heteroatoms. The summed E-state index contributed by atoms with van der Waals surface area (Å²) >= 11 is 1.86. The zero-order valence-electron chi connectivity index (χ0n) is 13.8. The SMILES string of the molecule is NC(Cc1c[nH]c2ccccc12)c1nc(C(=O)N2CCSCC2)co1. The number of aromatic amines is 1. The minimum Gasteiger partial charge on any atom is -0.446 e. The summed E-state index contributed by atoms with van der Waals surface area (Å²) in [4.78, 5) is 21.9. The number of aromatic nitrogens is 2. The zero-order chi connectivity index (χ0) is 17.2. The minimum atomic E-state index is -0.391. The van der Waals surface area contributed by atoms with Gasteiger partial charge in [0, 0.05) is 41.7 Å². The van der Waals surface area contributed by atoms with E-state index in [4.69, 9.17) is 10.2 Å². The summed E-state index contributed by atoms with van der Waals surface area (Å²) in [7, 11) is 0. The van der Waals surface area contributed by atoms with Gasteiger partial charge in [-0.15, -0.1) is 0 Å². The Balaban J connectivity index is 1.48. The number of carbonyl (C=O) groups is 1. The first-order valence-corrected chi connectivity index (χ1v) is 9.51. The van der Waals surface area contributed by atoms with Gasteiger partial charge in [0.15, 0.2) is 5.69 Å². The summed E-state index contributed by atoms with van der Waals surface area (Å²) in [6.45, 7) is 1.51. The number of nitrogens with zero attached hydrogens (tertiary/aromatic N) is 2. The first kappa shape index (κ1) is 16.2. The van der Waals surface area contributed by atoms with E-state index < -0.39 is 6.04 Å². The van der Waals surface area contributed by atoms with Crippen LogP contribution >= 0.6 is 11.8 Å². The van der Waals surface area contributed by atoms with Gasteiger partial charge in [-0.2, -0.15) is 11.8 Å². The van der Waals surface area contributed by atoms with Gasteiger partial charge in [-0.25, -0.2) is 4.98 Å². The van der Waals surface area contributed by atoms with Crippen LogP contribution in [0.5, 0.6) is 0 Å². The van der Waals surface area contributed by atoms with E-state index in [1.54, 1.807) is 0 Å². The summed E-state index contributed by atoms with van der Waals surface area (Å²) in [6.07, 6.45) is 3.98. The lowest BCUT2D eigenvalue weighted by Crippen LogP contribution is -2.38. The van der Waals surface area contributed by atoms with E-state index in [1.807, 2.05) is 41.1 Å². The minimum absolute atomic E-state index is 0.0744. The molecule has 0 aliphatic carbocycles. The Morgan fingerprint density at radius 3 is 3.00 bits per heavy atom. The van der Waals surface area contributed by atoms with Gasteiger partial charge >= 0.3 is 0 Å². The second-order valence-electron chi connectivity index (χ2n) is 6.15. The number of amides is 1. The number of fused-ring (bicyclic) bond motifs is 1. The molecule has 25 heavy (non-hydrogen) atoms. The number of nitrogens with one attached hydrogen (secondary N) is 1. The highest BCUT2D eigenvalue weighted by molar-refractivity contribution is 7.99. The highest BCUT2D eigenvalue weighted by Crippen LogP contribution is 2.23. The third-order valence-electron chi connectivity index (χ3n) is 4.47. The summed E-state index contributed by atoms with van der Waals surface area (Å²) in [6, 6.07) is 7.70. The molecule has 3 N–H and O–H groups in total. The molecule has 1 amide bonds. The zero-order valence-corrected chi connectivity index (χ0v) is 14.6. The molecule has 1 aromatic carbocycles. The highest BCUT2D eigenvalue weighted by atomic mass is 32.2. The number of thioether (sulfide) groups is 1. The van der Waals surface area contributed by atoms with Gasteiger partial charge in [0.05, 0.1) is 6.04 Å². The van der Waals surface area contributed by atoms with Gasteiger partial charge in [-0.1, -0.05) is 18.2 Å². The monoisotopic (exact) mass is 356 g/mol. The van der Waals surface area contributed by atoms with Crippen LogP contribution in [0.1, 0.15) is 28.0 Å². The van der Waals surface area contributed by atoms with E-state index in [9.17, 15) is 4.79 Å². The molecule has 1 fully saturated rings. The highest BCUT2D eigenvalue weighted by Gasteiger charge is 2.23. The normalized spacial score (nSPS) is 16.3. The van der Waals surface area contributed by atoms with Gasteiger partial charge in [-0.3, -0.25) is 4.79 Å². The third kappa shape index (κ3) is 3.29. The predicted octanol–water partition coefficient (Wildman–Crippen LogP) is 2.59. The quantitative estimate of drug-likeness (QED) is 0.750. The lowest BCUT2D eigenvalue weighted by atomic mass is 10.1. The van der Waals surface area contributed by atoms with Gasteiger partial charge in [0.25, 0.3) is 5.91 Å². The van der Waals surface area contributed by atoms with Crippen molar-refractivity contribution in [2.24, 2.45) is 5.73 Å². The number of H-pyrrole nitrogens is 1. The number of nitrogens with two attached hydrogens (primary N) is 1. The molecule has 130 valence electrons. The van der Waals surface area contributed by atoms with Crippen molar-refractivity contribution in [1.29, 1.82) is 0 Å². The van der Waals surface area contributed by atoms with E-state index in [-0.39, 0.29) is 5.91 Å². The van der Waals surface area contributed by atoms with E-state index >= 15 is 0 Å². The Morgan fingerprint density at radius 2 is 2.16 bits per heavy atom. The Hall–Kier alpha value is -2.25. The van der Waals surface area contributed by atoms with Crippen LogP contribution in [0.25, 0.3) is 10.9 Å². The molecule has 1 atom stereocenters. The molecule has 1 unspecified atom stereocenters. The van der Waals surface area contributed by atoms with E-state index in [0.717, 1.165) is 41.1 Å². The Morgan fingerprint density at radius 1 is 1.36 bits per heavy atom. The van der Waals surface area contributed by atoms with E-state index in [0.29, 0.717) is 18.0 Å². The molecule has 0 radical (unpaired) electrons. The number of hydrogen-bond acceptors (Lipinski definition) is 5. The summed E-state index contributed by atoms with van der Waals surface area (Å²) in [5.41, 5.74) is 8.81. The molecular weight excluding hydrogens is 336 g/mol. The molecule has 1 saturated heterocycles. The molecular formula is C18H20N4O2S. The lowest BCUT2D eigenvalue weighted by Gasteiger charge is -2.25. The molecule has 2 aromatic heterocycles. The van der Waals surface area contributed by atoms with Gasteiger partial charge in [0.2, 0.25) is 5.89 Å². The van der Waals surface area contributed by atoms with Crippen LogP contribution in [0.3, 0.4) is 0 Å². The third-order valence-corrected chi connectivity index (χ3v) is 5.41. The summed E-state index contributed by atoms with van der Waals surface area (Å²) < 4.78 is 5.50. The van der Waals surface area contributed by atoms with Crippen molar-refractivity contribution in [2.45, 2.75) is 12.5 Å². The van der Waals surface area contributed by atoms with Crippen LogP contribution in [-0.4, -0.2) is 45.4 Å². The maximum atomic E-state index is 12.5. The largest absolute Gasteiger partial charge is 0.446 e. The second-order valence-corrected chi connectivity index (χ2v) is 7.37. The Labute approximate surface area is 149 Å². The fraction of sp³-hybridized carbons (Fsp3) is 0.333. The van der Waals surface area contributed by atoms with Crippen molar-refractivity contribution in [3.8, 4) is 0 Å². The lowest BCUT2D eigenvalue weighted by molar-refractivity contribution is 0.0766. The fourth-order valence-electron chi connectivity index (χ4n) is 3.11. The second kappa shape index (κ2) is 6.93. The number of rotatable bonds is 4. The predicted molar refractivity (Wildman–Crippen MR) is 98.7 cm³/mol. The van der Waals surface area contributed by atoms with Gasteiger partial charge < -0.3 is 20.0 Å². The van der Waals surface area contributed by atoms with Crippen LogP contribution in [0.2, 0.25) is 0 Å². The van der Waals surface area contributed by atoms with Crippen molar-refractivity contribution in [1.82, 2.24) is 14.9 Å². The summed E-state index contributed by atoms with van der Waals surface area (Å²) in [5.74, 6) is 2.27. The van der Waals surface area contributed by atoms with Crippen LogP contribution in [-0.2, 0) is 6.42 Å². The van der Waals surface area contributed by atoms with Crippen molar-refractivity contribution in [3.05, 3.63) is 53.9 Å². The number of oxazole rings is 1. The van der Waals surface area contributed by atoms with Crippen molar-refractivity contribution in [2.75, 3.05) is 24.6 Å². The van der Waals surface area contributed by atoms with Crippen molar-refractivity contribution < 1.29 is 9.21 Å². The van der Waals surface area contributed by atoms with Gasteiger partial charge in [0.1, 0.15) is 6.26 Å². The average Bonchev–Trinajstić information content (AvgIpc) is 3.30. The topological polar surface area (TPSA) is 88.2 Å². The number of para-hydroxylation sites is 1. The van der Waals surface area contributed by atoms with E-state index in [1.165, 1.54) is 6.26 Å². The smallest absolute Gasteiger partial charge is 0.275 e. The van der Waals surface area contributed by atoms with E-state index in [2.05, 4.69) is 16.0 Å². The molecule has 0 saturated carbocycles. The molecule has 4 rings (SSSR count). The van der Waals surface area contributed by atoms with Crippen LogP contribution in [0.15, 0.2) is 41.1 Å². The standard InChI is InChI=1S/C18H20N4O2S/c19-14(9-12-10-20-15-4-2-1-3-13(12)15)17-21-16(11-24-17)18(23)22-5-7-25-8-6-22/h1-4,10-11,14,20H,5-9,19H2. The van der Waals surface area contributed by atoms with Crippen LogP contribution in [0.4, 0.5) is 0 Å². The van der Waals surface area contributed by atoms with Crippen molar-refractivity contribution in [3.63, 3.8) is 0 Å². The van der Waals surface area contributed by atoms with Gasteiger partial charge in [-0.05, 0) is 18.1 Å². The molecule has 1 aliphatic rings. The number of hydrogen-bond donors (Lipinski definition) is 2. The maximum Gasteiger partial charge on any atom is 0.275 e. The first-order chi connectivity index (χ1) is 12.2. The molecule has 3 heterocycles. The van der Waals surface area contributed by atoms with Crippen molar-refractivity contribution >= 4 is 28.6 Å². The molecule has 1 aliphatic heterocycles. The average molecular weight is 356 g/mol. The fourth-order valence-corrected chi connectivity index (χ4v) is 4.01. The molecule has 3 aromatic rings. The Kier molecular flexibility index (Phi) is 4.50. The van der Waals surface area contributed by atoms with Crippen LogP contribution in [0, 0.1) is 0 Å². The number of benzene rings is 1. The molecule has 0 spiro atoms. The Bertz CT molecular complexity index is 882. The summed E-state index contributed by atoms with van der Waals surface area (Å²) in [5, 5.41) is 1.15. The maximum absolute atomic E-state index is 12.5. The molecule has 0 bridgehead atoms.